The van der Waals surface area contributed by atoms with E-state index in [1.54, 1.807) is 0 Å². The summed E-state index contributed by atoms with van der Waals surface area (Å²) in [5, 5.41) is 2.49. The summed E-state index contributed by atoms with van der Waals surface area (Å²) < 4.78 is 7.25. The molecule has 0 spiro atoms. The van der Waals surface area contributed by atoms with Gasteiger partial charge in [0.2, 0.25) is 0 Å². The van der Waals surface area contributed by atoms with E-state index >= 15 is 0 Å². The van der Waals surface area contributed by atoms with Crippen LogP contribution in [-0.4, -0.2) is 6.10 Å². The first-order valence-corrected chi connectivity index (χ1v) is 7.90. The van der Waals surface area contributed by atoms with Gasteiger partial charge in [-0.2, -0.15) is 0 Å². The summed E-state index contributed by atoms with van der Waals surface area (Å²) in [6.07, 6.45) is 5.44. The molecule has 0 radical (unpaired) electrons. The lowest BCUT2D eigenvalue weighted by molar-refractivity contribution is 0.204. The number of rotatable bonds is 3. The zero-order valence-electron chi connectivity index (χ0n) is 11.2. The number of hydrogen-bond acceptors (Lipinski definition) is 1. The Balaban J connectivity index is 1.77. The van der Waals surface area contributed by atoms with Gasteiger partial charge in [-0.15, -0.1) is 0 Å². The summed E-state index contributed by atoms with van der Waals surface area (Å²) in [5.74, 6) is 1.87. The molecule has 0 aliphatic heterocycles. The van der Waals surface area contributed by atoms with Crippen LogP contribution in [0.5, 0.6) is 5.75 Å². The first-order chi connectivity index (χ1) is 9.24. The molecule has 3 rings (SSSR count). The molecule has 1 nitrogen and oxygen atoms in total. The highest BCUT2D eigenvalue weighted by molar-refractivity contribution is 9.10. The molecular formula is C17H19BrO. The average molecular weight is 319 g/mol. The van der Waals surface area contributed by atoms with E-state index in [9.17, 15) is 0 Å². The van der Waals surface area contributed by atoms with Crippen LogP contribution in [0.25, 0.3) is 10.8 Å². The van der Waals surface area contributed by atoms with Crippen molar-refractivity contribution in [3.8, 4) is 5.75 Å². The molecule has 0 saturated heterocycles. The zero-order chi connectivity index (χ0) is 13.2. The predicted molar refractivity (Wildman–Crippen MR) is 83.7 cm³/mol. The summed E-state index contributed by atoms with van der Waals surface area (Å²) in [6.45, 7) is 2.28. The third-order valence-corrected chi connectivity index (χ3v) is 4.64. The van der Waals surface area contributed by atoms with Gasteiger partial charge < -0.3 is 4.74 Å². The van der Waals surface area contributed by atoms with Crippen molar-refractivity contribution in [1.29, 1.82) is 0 Å². The first-order valence-electron chi connectivity index (χ1n) is 7.10. The summed E-state index contributed by atoms with van der Waals surface area (Å²) >= 11 is 3.51. The second kappa shape index (κ2) is 5.54. The molecule has 2 aromatic carbocycles. The highest BCUT2D eigenvalue weighted by atomic mass is 79.9. The molecule has 1 unspecified atom stereocenters. The topological polar surface area (TPSA) is 9.23 Å². The highest BCUT2D eigenvalue weighted by Gasteiger charge is 2.24. The van der Waals surface area contributed by atoms with Crippen molar-refractivity contribution in [1.82, 2.24) is 0 Å². The first kappa shape index (κ1) is 13.0. The minimum absolute atomic E-state index is 0.415. The van der Waals surface area contributed by atoms with Crippen LogP contribution in [0.3, 0.4) is 0 Å². The fourth-order valence-electron chi connectivity index (χ4n) is 2.97. The van der Waals surface area contributed by atoms with Crippen molar-refractivity contribution in [3.05, 3.63) is 40.9 Å². The third kappa shape index (κ3) is 2.94. The van der Waals surface area contributed by atoms with E-state index < -0.39 is 0 Å². The van der Waals surface area contributed by atoms with Crippen LogP contribution in [0, 0.1) is 5.92 Å². The lowest BCUT2D eigenvalue weighted by atomic mass is 10.1. The van der Waals surface area contributed by atoms with Crippen molar-refractivity contribution >= 4 is 26.7 Å². The lowest BCUT2D eigenvalue weighted by Crippen LogP contribution is -2.11. The monoisotopic (exact) mass is 318 g/mol. The molecule has 0 bridgehead atoms. The summed E-state index contributed by atoms with van der Waals surface area (Å²) in [7, 11) is 0. The van der Waals surface area contributed by atoms with E-state index in [4.69, 9.17) is 4.74 Å². The second-order valence-corrected chi connectivity index (χ2v) is 6.40. The number of fused-ring (bicyclic) bond motifs is 1. The van der Waals surface area contributed by atoms with E-state index in [0.717, 1.165) is 16.1 Å². The number of ether oxygens (including phenoxy) is 1. The molecule has 2 atom stereocenters. The zero-order valence-corrected chi connectivity index (χ0v) is 12.8. The fourth-order valence-corrected chi connectivity index (χ4v) is 3.35. The van der Waals surface area contributed by atoms with Crippen molar-refractivity contribution in [2.24, 2.45) is 5.92 Å². The van der Waals surface area contributed by atoms with Gasteiger partial charge in [-0.1, -0.05) is 41.4 Å². The molecule has 0 N–H and O–H groups in total. The highest BCUT2D eigenvalue weighted by Crippen LogP contribution is 2.32. The van der Waals surface area contributed by atoms with E-state index in [0.29, 0.717) is 6.10 Å². The van der Waals surface area contributed by atoms with Gasteiger partial charge in [0.25, 0.3) is 0 Å². The largest absolute Gasteiger partial charge is 0.490 e. The van der Waals surface area contributed by atoms with E-state index in [2.05, 4.69) is 59.3 Å². The number of halogens is 1. The summed E-state index contributed by atoms with van der Waals surface area (Å²) in [5.41, 5.74) is 0. The van der Waals surface area contributed by atoms with Crippen LogP contribution < -0.4 is 4.74 Å². The summed E-state index contributed by atoms with van der Waals surface area (Å²) in [4.78, 5) is 0. The molecule has 1 saturated carbocycles. The molecule has 1 aliphatic carbocycles. The Morgan fingerprint density at radius 3 is 2.68 bits per heavy atom. The molecular weight excluding hydrogens is 300 g/mol. The minimum atomic E-state index is 0.415. The molecule has 0 amide bonds. The predicted octanol–water partition coefficient (Wildman–Crippen LogP) is 5.56. The molecule has 0 heterocycles. The van der Waals surface area contributed by atoms with Gasteiger partial charge in [0.05, 0.1) is 6.10 Å². The fraction of sp³-hybridized carbons (Fsp3) is 0.412. The normalized spacial score (nSPS) is 22.8. The maximum Gasteiger partial charge on any atom is 0.120 e. The Kier molecular flexibility index (Phi) is 3.79. The van der Waals surface area contributed by atoms with Gasteiger partial charge >= 0.3 is 0 Å². The molecule has 100 valence electrons. The molecule has 1 fully saturated rings. The second-order valence-electron chi connectivity index (χ2n) is 5.48. The Bertz CT molecular complexity index is 578. The van der Waals surface area contributed by atoms with Crippen LogP contribution >= 0.6 is 15.9 Å². The van der Waals surface area contributed by atoms with Crippen LogP contribution in [-0.2, 0) is 0 Å². The van der Waals surface area contributed by atoms with Gasteiger partial charge in [-0.3, -0.25) is 0 Å². The van der Waals surface area contributed by atoms with Crippen molar-refractivity contribution in [2.75, 3.05) is 0 Å². The van der Waals surface area contributed by atoms with E-state index in [1.807, 2.05) is 0 Å². The average Bonchev–Trinajstić information content (AvgIpc) is 2.86. The molecule has 0 aromatic heterocycles. The van der Waals surface area contributed by atoms with Gasteiger partial charge in [0, 0.05) is 4.47 Å². The Morgan fingerprint density at radius 1 is 1.11 bits per heavy atom. The molecule has 2 aromatic rings. The Morgan fingerprint density at radius 2 is 1.89 bits per heavy atom. The summed E-state index contributed by atoms with van der Waals surface area (Å²) in [6, 6.07) is 12.7. The van der Waals surface area contributed by atoms with Gasteiger partial charge in [-0.25, -0.2) is 0 Å². The van der Waals surface area contributed by atoms with Crippen molar-refractivity contribution < 1.29 is 4.74 Å². The van der Waals surface area contributed by atoms with Crippen LogP contribution in [0.15, 0.2) is 40.9 Å². The standard InChI is InChI=1S/C17H19BrO/c1-2-12-3-7-16(9-12)19-17-8-5-13-10-15(18)6-4-14(13)11-17/h4-6,8,10-12,16H,2-3,7,9H2,1H3/t12-,16?/m0/s1. The maximum absolute atomic E-state index is 6.13. The lowest BCUT2D eigenvalue weighted by Gasteiger charge is -2.14. The molecule has 19 heavy (non-hydrogen) atoms. The Hall–Kier alpha value is -1.02. The molecule has 2 heteroatoms. The number of hydrogen-bond donors (Lipinski definition) is 0. The van der Waals surface area contributed by atoms with Gasteiger partial charge in [0.1, 0.15) is 5.75 Å². The number of benzene rings is 2. The minimum Gasteiger partial charge on any atom is -0.490 e. The van der Waals surface area contributed by atoms with Gasteiger partial charge in [0.15, 0.2) is 0 Å². The quantitative estimate of drug-likeness (QED) is 0.719. The third-order valence-electron chi connectivity index (χ3n) is 4.15. The van der Waals surface area contributed by atoms with E-state index in [-0.39, 0.29) is 0 Å². The van der Waals surface area contributed by atoms with Gasteiger partial charge in [-0.05, 0) is 60.2 Å². The van der Waals surface area contributed by atoms with Crippen molar-refractivity contribution in [2.45, 2.75) is 38.7 Å². The van der Waals surface area contributed by atoms with Crippen LogP contribution in [0.4, 0.5) is 0 Å². The maximum atomic E-state index is 6.13. The Labute approximate surface area is 123 Å². The van der Waals surface area contributed by atoms with Crippen LogP contribution in [0.2, 0.25) is 0 Å². The van der Waals surface area contributed by atoms with Crippen LogP contribution in [0.1, 0.15) is 32.6 Å². The molecule has 1 aliphatic rings. The van der Waals surface area contributed by atoms with Crippen molar-refractivity contribution in [3.63, 3.8) is 0 Å². The van der Waals surface area contributed by atoms with E-state index in [1.165, 1.54) is 36.5 Å². The SMILES string of the molecule is CC[C@H]1CCC(Oc2ccc3cc(Br)ccc3c2)C1. The smallest absolute Gasteiger partial charge is 0.120 e.